The first-order chi connectivity index (χ1) is 9.08. The Balaban J connectivity index is 2.24. The predicted molar refractivity (Wildman–Crippen MR) is 75.5 cm³/mol. The fourth-order valence-electron chi connectivity index (χ4n) is 1.74. The maximum atomic E-state index is 10.9. The van der Waals surface area contributed by atoms with E-state index in [2.05, 4.69) is 0 Å². The maximum Gasteiger partial charge on any atom is 0.130 e. The van der Waals surface area contributed by atoms with Crippen LogP contribution in [0.4, 0.5) is 0 Å². The summed E-state index contributed by atoms with van der Waals surface area (Å²) in [6, 6.07) is 7.85. The topological polar surface area (TPSA) is 43.4 Å². The van der Waals surface area contributed by atoms with Crippen molar-refractivity contribution >= 4 is 11.6 Å². The number of carbonyl (C=O) groups excluding carboxylic acids is 2. The van der Waals surface area contributed by atoms with Crippen molar-refractivity contribution in [1.29, 1.82) is 0 Å². The highest BCUT2D eigenvalue weighted by atomic mass is 16.5. The van der Waals surface area contributed by atoms with E-state index in [-0.39, 0.29) is 11.6 Å². The van der Waals surface area contributed by atoms with Crippen molar-refractivity contribution in [2.75, 3.05) is 6.61 Å². The quantitative estimate of drug-likeness (QED) is 0.641. The molecule has 3 heteroatoms. The van der Waals surface area contributed by atoms with E-state index in [0.29, 0.717) is 19.4 Å². The van der Waals surface area contributed by atoms with E-state index in [1.165, 1.54) is 0 Å². The van der Waals surface area contributed by atoms with Gasteiger partial charge in [0.15, 0.2) is 0 Å². The summed E-state index contributed by atoms with van der Waals surface area (Å²) in [7, 11) is 0. The predicted octanol–water partition coefficient (Wildman–Crippen LogP) is 3.35. The highest BCUT2D eigenvalue weighted by Crippen LogP contribution is 2.14. The minimum Gasteiger partial charge on any atom is -0.494 e. The molecule has 0 fully saturated rings. The number of Topliss-reactive ketones (excluding diaryl/α,β-unsaturated/α-hetero) is 2. The Kier molecular flexibility index (Phi) is 6.86. The molecule has 0 N–H and O–H groups in total. The summed E-state index contributed by atoms with van der Waals surface area (Å²) in [6.45, 7) is 3.86. The van der Waals surface area contributed by atoms with Gasteiger partial charge in [-0.1, -0.05) is 12.1 Å². The largest absolute Gasteiger partial charge is 0.494 e. The van der Waals surface area contributed by atoms with Gasteiger partial charge in [0.25, 0.3) is 0 Å². The minimum absolute atomic E-state index is 0.214. The van der Waals surface area contributed by atoms with Crippen LogP contribution in [0.1, 0.15) is 45.1 Å². The smallest absolute Gasteiger partial charge is 0.130 e. The van der Waals surface area contributed by atoms with E-state index in [1.807, 2.05) is 24.3 Å². The summed E-state index contributed by atoms with van der Waals surface area (Å²) in [5.74, 6) is 1.29. The fourth-order valence-corrected chi connectivity index (χ4v) is 1.74. The number of aryl methyl sites for hydroxylation is 1. The van der Waals surface area contributed by atoms with Crippen molar-refractivity contribution < 1.29 is 14.3 Å². The van der Waals surface area contributed by atoms with E-state index < -0.39 is 0 Å². The van der Waals surface area contributed by atoms with Crippen molar-refractivity contribution in [3.8, 4) is 5.75 Å². The molecule has 1 aromatic rings. The van der Waals surface area contributed by atoms with E-state index in [4.69, 9.17) is 4.74 Å². The highest BCUT2D eigenvalue weighted by Gasteiger charge is 1.99. The Bertz CT molecular complexity index is 407. The molecule has 1 aromatic carbocycles. The monoisotopic (exact) mass is 262 g/mol. The Labute approximate surface area is 115 Å². The number of carbonyl (C=O) groups is 2. The van der Waals surface area contributed by atoms with Gasteiger partial charge < -0.3 is 14.3 Å². The molecule has 104 valence electrons. The molecular formula is C16H22O3. The number of hydrogen-bond acceptors (Lipinski definition) is 3. The third-order valence-corrected chi connectivity index (χ3v) is 2.88. The van der Waals surface area contributed by atoms with Crippen molar-refractivity contribution in [2.45, 2.75) is 46.0 Å². The lowest BCUT2D eigenvalue weighted by Crippen LogP contribution is -1.99. The summed E-state index contributed by atoms with van der Waals surface area (Å²) in [5, 5.41) is 0. The molecule has 0 aliphatic carbocycles. The lowest BCUT2D eigenvalue weighted by atomic mass is 10.1. The first-order valence-electron chi connectivity index (χ1n) is 6.78. The van der Waals surface area contributed by atoms with Gasteiger partial charge in [-0.15, -0.1) is 0 Å². The lowest BCUT2D eigenvalue weighted by Gasteiger charge is -2.06. The van der Waals surface area contributed by atoms with Gasteiger partial charge in [-0.3, -0.25) is 0 Å². The van der Waals surface area contributed by atoms with Crippen LogP contribution in [0.5, 0.6) is 5.75 Å². The molecule has 3 nitrogen and oxygen atoms in total. The van der Waals surface area contributed by atoms with Crippen LogP contribution in [0.15, 0.2) is 24.3 Å². The number of rotatable bonds is 9. The van der Waals surface area contributed by atoms with Crippen molar-refractivity contribution in [3.63, 3.8) is 0 Å². The zero-order chi connectivity index (χ0) is 14.1. The molecular weight excluding hydrogens is 240 g/mol. The second-order valence-electron chi connectivity index (χ2n) is 4.85. The van der Waals surface area contributed by atoms with Crippen LogP contribution in [0.25, 0.3) is 0 Å². The summed E-state index contributed by atoms with van der Waals surface area (Å²) < 4.78 is 5.59. The summed E-state index contributed by atoms with van der Waals surface area (Å²) >= 11 is 0. The van der Waals surface area contributed by atoms with Crippen LogP contribution in [0.3, 0.4) is 0 Å². The van der Waals surface area contributed by atoms with Crippen molar-refractivity contribution in [3.05, 3.63) is 29.8 Å². The van der Waals surface area contributed by atoms with E-state index in [1.54, 1.807) is 13.8 Å². The van der Waals surface area contributed by atoms with Crippen LogP contribution < -0.4 is 4.74 Å². The number of unbranched alkanes of at least 4 members (excludes halogenated alkanes) is 1. The Hall–Kier alpha value is -1.64. The zero-order valence-electron chi connectivity index (χ0n) is 11.8. The second-order valence-corrected chi connectivity index (χ2v) is 4.85. The van der Waals surface area contributed by atoms with Crippen LogP contribution in [0.2, 0.25) is 0 Å². The third kappa shape index (κ3) is 7.39. The summed E-state index contributed by atoms with van der Waals surface area (Å²) in [6.07, 6.45) is 3.78. The number of ketones is 2. The van der Waals surface area contributed by atoms with E-state index in [9.17, 15) is 9.59 Å². The molecule has 0 aliphatic rings. The Morgan fingerprint density at radius 2 is 1.58 bits per heavy atom. The summed E-state index contributed by atoms with van der Waals surface area (Å²) in [4.78, 5) is 21.6. The summed E-state index contributed by atoms with van der Waals surface area (Å²) in [5.41, 5.74) is 1.15. The Morgan fingerprint density at radius 3 is 2.16 bits per heavy atom. The van der Waals surface area contributed by atoms with Crippen LogP contribution in [0, 0.1) is 0 Å². The van der Waals surface area contributed by atoms with Crippen LogP contribution in [-0.4, -0.2) is 18.2 Å². The average Bonchev–Trinajstić information content (AvgIpc) is 2.37. The van der Waals surface area contributed by atoms with Gasteiger partial charge in [0.2, 0.25) is 0 Å². The maximum absolute atomic E-state index is 10.9. The molecule has 0 saturated carbocycles. The van der Waals surface area contributed by atoms with Crippen molar-refractivity contribution in [2.24, 2.45) is 0 Å². The van der Waals surface area contributed by atoms with Gasteiger partial charge in [-0.05, 0) is 50.8 Å². The molecule has 0 amide bonds. The first-order valence-corrected chi connectivity index (χ1v) is 6.78. The SMILES string of the molecule is CC(=O)CCCCOc1ccc(CCC(C)=O)cc1. The molecule has 0 radical (unpaired) electrons. The van der Waals surface area contributed by atoms with Gasteiger partial charge in [-0.2, -0.15) is 0 Å². The molecule has 0 bridgehead atoms. The van der Waals surface area contributed by atoms with Gasteiger partial charge in [0.05, 0.1) is 6.61 Å². The molecule has 0 saturated heterocycles. The molecule has 0 aromatic heterocycles. The van der Waals surface area contributed by atoms with Gasteiger partial charge in [0.1, 0.15) is 17.3 Å². The van der Waals surface area contributed by atoms with Gasteiger partial charge in [-0.25, -0.2) is 0 Å². The molecule has 0 unspecified atom stereocenters. The van der Waals surface area contributed by atoms with E-state index >= 15 is 0 Å². The lowest BCUT2D eigenvalue weighted by molar-refractivity contribution is -0.117. The third-order valence-electron chi connectivity index (χ3n) is 2.88. The van der Waals surface area contributed by atoms with Gasteiger partial charge >= 0.3 is 0 Å². The minimum atomic E-state index is 0.214. The molecule has 0 spiro atoms. The zero-order valence-corrected chi connectivity index (χ0v) is 11.8. The average molecular weight is 262 g/mol. The molecule has 0 heterocycles. The van der Waals surface area contributed by atoms with E-state index in [0.717, 1.165) is 30.6 Å². The van der Waals surface area contributed by atoms with Crippen LogP contribution in [-0.2, 0) is 16.0 Å². The number of hydrogen-bond donors (Lipinski definition) is 0. The molecule has 0 atom stereocenters. The molecule has 0 aliphatic heterocycles. The standard InChI is InChI=1S/C16H22O3/c1-13(17)5-3-4-12-19-16-10-8-15(9-11-16)7-6-14(2)18/h8-11H,3-7,12H2,1-2H3. The first kappa shape index (κ1) is 15.4. The fraction of sp³-hybridized carbons (Fsp3) is 0.500. The van der Waals surface area contributed by atoms with Crippen molar-refractivity contribution in [1.82, 2.24) is 0 Å². The number of benzene rings is 1. The highest BCUT2D eigenvalue weighted by molar-refractivity contribution is 5.75. The number of ether oxygens (including phenoxy) is 1. The van der Waals surface area contributed by atoms with Gasteiger partial charge in [0, 0.05) is 12.8 Å². The van der Waals surface area contributed by atoms with Crippen LogP contribution >= 0.6 is 0 Å². The Morgan fingerprint density at radius 1 is 0.947 bits per heavy atom. The molecule has 19 heavy (non-hydrogen) atoms. The second kappa shape index (κ2) is 8.46. The molecule has 1 rings (SSSR count). The normalized spacial score (nSPS) is 10.2.